The van der Waals surface area contributed by atoms with E-state index in [0.717, 1.165) is 12.5 Å². The fourth-order valence-electron chi connectivity index (χ4n) is 2.03. The maximum atomic E-state index is 11.1. The summed E-state index contributed by atoms with van der Waals surface area (Å²) < 4.78 is 54.2. The predicted molar refractivity (Wildman–Crippen MR) is 78.2 cm³/mol. The van der Waals surface area contributed by atoms with Crippen LogP contribution in [0.2, 0.25) is 0 Å². The van der Waals surface area contributed by atoms with Crippen molar-refractivity contribution >= 4 is 20.2 Å². The van der Waals surface area contributed by atoms with E-state index >= 15 is 0 Å². The molecular weight excluding hydrogens is 304 g/mol. The molecule has 2 atom stereocenters. The fraction of sp³-hybridized carbons (Fsp3) is 1.00. The van der Waals surface area contributed by atoms with E-state index in [-0.39, 0.29) is 36.9 Å². The zero-order valence-corrected chi connectivity index (χ0v) is 14.6. The normalized spacial score (nSPS) is 16.6. The van der Waals surface area contributed by atoms with E-state index in [4.69, 9.17) is 8.37 Å². The molecule has 122 valence electrons. The Morgan fingerprint density at radius 3 is 1.10 bits per heavy atom. The monoisotopic (exact) mass is 330 g/mol. The number of hydrogen-bond acceptors (Lipinski definition) is 6. The lowest BCUT2D eigenvalue weighted by molar-refractivity contribution is 0.0853. The molecule has 0 N–H and O–H groups in total. The molecule has 0 rings (SSSR count). The van der Waals surface area contributed by atoms with Crippen molar-refractivity contribution in [3.8, 4) is 0 Å². The van der Waals surface area contributed by atoms with E-state index in [2.05, 4.69) is 0 Å². The topological polar surface area (TPSA) is 86.7 Å². The molecule has 8 heteroatoms. The molecule has 0 spiro atoms. The fourth-order valence-corrected chi connectivity index (χ4v) is 2.83. The van der Waals surface area contributed by atoms with Crippen LogP contribution < -0.4 is 0 Å². The second-order valence-corrected chi connectivity index (χ2v) is 9.08. The molecule has 6 nitrogen and oxygen atoms in total. The molecule has 0 bridgehead atoms. The van der Waals surface area contributed by atoms with Gasteiger partial charge in [0.05, 0.1) is 25.7 Å². The Balaban J connectivity index is 4.96. The third-order valence-corrected chi connectivity index (χ3v) is 4.34. The average molecular weight is 330 g/mol. The van der Waals surface area contributed by atoms with Crippen molar-refractivity contribution in [2.24, 2.45) is 23.7 Å². The van der Waals surface area contributed by atoms with Crippen LogP contribution in [0.3, 0.4) is 0 Å². The summed E-state index contributed by atoms with van der Waals surface area (Å²) in [5.74, 6) is 0.0811. The van der Waals surface area contributed by atoms with Crippen LogP contribution in [0.1, 0.15) is 27.7 Å². The summed E-state index contributed by atoms with van der Waals surface area (Å²) in [6, 6.07) is 0. The van der Waals surface area contributed by atoms with Gasteiger partial charge in [0.25, 0.3) is 20.2 Å². The molecule has 0 aromatic rings. The first kappa shape index (κ1) is 19.8. The van der Waals surface area contributed by atoms with Gasteiger partial charge in [0.1, 0.15) is 0 Å². The van der Waals surface area contributed by atoms with Crippen LogP contribution in [0.25, 0.3) is 0 Å². The van der Waals surface area contributed by atoms with Gasteiger partial charge >= 0.3 is 0 Å². The van der Waals surface area contributed by atoms with Crippen molar-refractivity contribution in [1.29, 1.82) is 0 Å². The van der Waals surface area contributed by atoms with E-state index < -0.39 is 20.2 Å². The lowest BCUT2D eigenvalue weighted by Crippen LogP contribution is -2.33. The smallest absolute Gasteiger partial charge is 0.264 e. The van der Waals surface area contributed by atoms with Crippen LogP contribution in [0.4, 0.5) is 0 Å². The summed E-state index contributed by atoms with van der Waals surface area (Å²) in [6.07, 6.45) is 2.00. The number of hydrogen-bond donors (Lipinski definition) is 0. The average Bonchev–Trinajstić information content (AvgIpc) is 2.18. The summed E-state index contributed by atoms with van der Waals surface area (Å²) in [7, 11) is -7.03. The Kier molecular flexibility index (Phi) is 7.65. The van der Waals surface area contributed by atoms with Gasteiger partial charge in [-0.25, -0.2) is 0 Å². The van der Waals surface area contributed by atoms with Crippen molar-refractivity contribution in [1.82, 2.24) is 0 Å². The molecule has 0 heterocycles. The van der Waals surface area contributed by atoms with E-state index in [1.54, 1.807) is 0 Å². The summed E-state index contributed by atoms with van der Waals surface area (Å²) in [4.78, 5) is 0. The van der Waals surface area contributed by atoms with Crippen molar-refractivity contribution in [2.45, 2.75) is 27.7 Å². The van der Waals surface area contributed by atoms with Gasteiger partial charge < -0.3 is 0 Å². The van der Waals surface area contributed by atoms with Crippen LogP contribution in [-0.4, -0.2) is 42.6 Å². The quantitative estimate of drug-likeness (QED) is 0.595. The van der Waals surface area contributed by atoms with Gasteiger partial charge in [0.2, 0.25) is 0 Å². The summed E-state index contributed by atoms with van der Waals surface area (Å²) in [6.45, 7) is 7.87. The first-order valence-electron chi connectivity index (χ1n) is 6.52. The van der Waals surface area contributed by atoms with Crippen molar-refractivity contribution < 1.29 is 25.2 Å². The van der Waals surface area contributed by atoms with Gasteiger partial charge in [0.15, 0.2) is 0 Å². The third kappa shape index (κ3) is 8.89. The zero-order chi connectivity index (χ0) is 16.1. The Morgan fingerprint density at radius 1 is 0.700 bits per heavy atom. The van der Waals surface area contributed by atoms with Gasteiger partial charge in [-0.15, -0.1) is 0 Å². The van der Waals surface area contributed by atoms with Crippen LogP contribution >= 0.6 is 0 Å². The van der Waals surface area contributed by atoms with Crippen LogP contribution in [-0.2, 0) is 28.6 Å². The van der Waals surface area contributed by atoms with Crippen molar-refractivity contribution in [3.05, 3.63) is 0 Å². The zero-order valence-electron chi connectivity index (χ0n) is 13.0. The predicted octanol–water partition coefficient (Wildman–Crippen LogP) is 1.48. The van der Waals surface area contributed by atoms with E-state index in [1.807, 2.05) is 27.7 Å². The molecule has 0 amide bonds. The van der Waals surface area contributed by atoms with E-state index in [9.17, 15) is 16.8 Å². The van der Waals surface area contributed by atoms with Gasteiger partial charge in [-0.2, -0.15) is 16.8 Å². The standard InChI is InChI=1S/C12H26O6S2/c1-9(2)11(7-17-19(5,13)14)12(10(3)4)8-18-20(6,15)16/h9-12H,7-8H2,1-6H3/t11-,12-/m1/s1. The summed E-state index contributed by atoms with van der Waals surface area (Å²) in [5.41, 5.74) is 0. The maximum Gasteiger partial charge on any atom is 0.264 e. The molecular formula is C12H26O6S2. The molecule has 20 heavy (non-hydrogen) atoms. The van der Waals surface area contributed by atoms with Gasteiger partial charge in [0, 0.05) is 0 Å². The Hall–Kier alpha value is -0.180. The second-order valence-electron chi connectivity index (χ2n) is 5.79. The minimum absolute atomic E-state index is 0.0342. The Labute approximate surface area is 123 Å². The summed E-state index contributed by atoms with van der Waals surface area (Å²) >= 11 is 0. The SMILES string of the molecule is CC(C)[C@@H](COS(C)(=O)=O)[C@H](COS(C)(=O)=O)C(C)C. The first-order chi connectivity index (χ1) is 8.83. The highest BCUT2D eigenvalue weighted by molar-refractivity contribution is 7.86. The largest absolute Gasteiger partial charge is 0.270 e. The Bertz CT molecular complexity index is 432. The van der Waals surface area contributed by atoms with Crippen molar-refractivity contribution in [2.75, 3.05) is 25.7 Å². The molecule has 0 saturated heterocycles. The molecule has 0 fully saturated rings. The van der Waals surface area contributed by atoms with Crippen LogP contribution in [0, 0.1) is 23.7 Å². The highest BCUT2D eigenvalue weighted by atomic mass is 32.2. The van der Waals surface area contributed by atoms with E-state index in [0.29, 0.717) is 0 Å². The van der Waals surface area contributed by atoms with Gasteiger partial charge in [-0.1, -0.05) is 27.7 Å². The third-order valence-electron chi connectivity index (χ3n) is 3.21. The lowest BCUT2D eigenvalue weighted by atomic mass is 9.78. The molecule has 0 aliphatic carbocycles. The minimum Gasteiger partial charge on any atom is -0.270 e. The van der Waals surface area contributed by atoms with Crippen LogP contribution in [0.15, 0.2) is 0 Å². The van der Waals surface area contributed by atoms with Crippen LogP contribution in [0.5, 0.6) is 0 Å². The molecule has 0 radical (unpaired) electrons. The molecule has 0 unspecified atom stereocenters. The second kappa shape index (κ2) is 7.72. The first-order valence-corrected chi connectivity index (χ1v) is 10.2. The highest BCUT2D eigenvalue weighted by Crippen LogP contribution is 2.29. The van der Waals surface area contributed by atoms with Crippen molar-refractivity contribution in [3.63, 3.8) is 0 Å². The minimum atomic E-state index is -3.51. The Morgan fingerprint density at radius 2 is 0.950 bits per heavy atom. The molecule has 0 aromatic carbocycles. The molecule has 0 aliphatic rings. The highest BCUT2D eigenvalue weighted by Gasteiger charge is 2.29. The van der Waals surface area contributed by atoms with Gasteiger partial charge in [-0.3, -0.25) is 8.37 Å². The molecule has 0 aliphatic heterocycles. The van der Waals surface area contributed by atoms with Gasteiger partial charge in [-0.05, 0) is 23.7 Å². The lowest BCUT2D eigenvalue weighted by Gasteiger charge is -2.32. The molecule has 0 saturated carbocycles. The summed E-state index contributed by atoms with van der Waals surface area (Å²) in [5, 5.41) is 0. The molecule has 0 aromatic heterocycles. The van der Waals surface area contributed by atoms with E-state index in [1.165, 1.54) is 0 Å². The maximum absolute atomic E-state index is 11.1. The number of rotatable bonds is 9.